The highest BCUT2D eigenvalue weighted by Crippen LogP contribution is 2.23. The van der Waals surface area contributed by atoms with E-state index in [2.05, 4.69) is 20.0 Å². The van der Waals surface area contributed by atoms with E-state index in [1.54, 1.807) is 43.3 Å². The van der Waals surface area contributed by atoms with Crippen LogP contribution in [0.2, 0.25) is 0 Å². The van der Waals surface area contributed by atoms with E-state index in [1.165, 1.54) is 36.7 Å². The molecule has 0 aliphatic heterocycles. The number of amides is 1. The van der Waals surface area contributed by atoms with Crippen molar-refractivity contribution in [2.75, 3.05) is 20.6 Å². The SMILES string of the molecule is CC[C@H](C(=O)Nc1ccc(S(=O)(=O)Nc2ncccn2)cc1)N(c1ccccc1)S(C)(=O)=O. The number of hydrogen-bond donors (Lipinski definition) is 2. The van der Waals surface area contributed by atoms with Crippen molar-refractivity contribution in [3.63, 3.8) is 0 Å². The Morgan fingerprint density at radius 3 is 2.09 bits per heavy atom. The van der Waals surface area contributed by atoms with Gasteiger partial charge in [-0.05, 0) is 48.9 Å². The fourth-order valence-corrected chi connectivity index (χ4v) is 5.28. The Kier molecular flexibility index (Phi) is 7.29. The van der Waals surface area contributed by atoms with Gasteiger partial charge in [-0.1, -0.05) is 25.1 Å². The highest BCUT2D eigenvalue weighted by molar-refractivity contribution is 7.92. The van der Waals surface area contributed by atoms with Crippen LogP contribution >= 0.6 is 0 Å². The highest BCUT2D eigenvalue weighted by Gasteiger charge is 2.31. The van der Waals surface area contributed by atoms with Gasteiger partial charge in [-0.25, -0.2) is 31.5 Å². The van der Waals surface area contributed by atoms with Gasteiger partial charge in [0.05, 0.1) is 16.8 Å². The molecule has 0 radical (unpaired) electrons. The van der Waals surface area contributed by atoms with E-state index in [9.17, 15) is 21.6 Å². The average Bonchev–Trinajstić information content (AvgIpc) is 2.77. The number of rotatable bonds is 9. The van der Waals surface area contributed by atoms with Gasteiger partial charge in [0.1, 0.15) is 6.04 Å². The van der Waals surface area contributed by atoms with Gasteiger partial charge in [-0.15, -0.1) is 0 Å². The summed E-state index contributed by atoms with van der Waals surface area (Å²) in [6, 6.07) is 14.4. The lowest BCUT2D eigenvalue weighted by Crippen LogP contribution is -2.46. The van der Waals surface area contributed by atoms with Crippen LogP contribution in [0.25, 0.3) is 0 Å². The van der Waals surface area contributed by atoms with Gasteiger partial charge in [0.15, 0.2) is 0 Å². The number of sulfonamides is 2. The first-order chi connectivity index (χ1) is 15.6. The molecule has 0 fully saturated rings. The maximum absolute atomic E-state index is 13.0. The van der Waals surface area contributed by atoms with Crippen molar-refractivity contribution in [3.8, 4) is 0 Å². The second-order valence-corrected chi connectivity index (χ2v) is 10.6. The lowest BCUT2D eigenvalue weighted by atomic mass is 10.2. The van der Waals surface area contributed by atoms with Gasteiger partial charge < -0.3 is 5.32 Å². The third kappa shape index (κ3) is 6.05. The minimum Gasteiger partial charge on any atom is -0.324 e. The van der Waals surface area contributed by atoms with E-state index in [0.29, 0.717) is 11.4 Å². The Balaban J connectivity index is 1.79. The molecule has 0 saturated heterocycles. The zero-order valence-corrected chi connectivity index (χ0v) is 19.5. The van der Waals surface area contributed by atoms with Crippen molar-refractivity contribution in [2.45, 2.75) is 24.3 Å². The third-order valence-corrected chi connectivity index (χ3v) is 7.09. The summed E-state index contributed by atoms with van der Waals surface area (Å²) in [5.74, 6) is -0.611. The molecule has 0 bridgehead atoms. The van der Waals surface area contributed by atoms with E-state index in [1.807, 2.05) is 0 Å². The number of nitrogens with zero attached hydrogens (tertiary/aromatic N) is 3. The Morgan fingerprint density at radius 2 is 1.55 bits per heavy atom. The summed E-state index contributed by atoms with van der Waals surface area (Å²) in [5, 5.41) is 2.66. The maximum Gasteiger partial charge on any atom is 0.264 e. The third-order valence-electron chi connectivity index (χ3n) is 4.56. The quantitative estimate of drug-likeness (QED) is 0.471. The molecular weight excluding hydrogens is 466 g/mol. The maximum atomic E-state index is 13.0. The molecule has 0 aliphatic rings. The van der Waals surface area contributed by atoms with Gasteiger partial charge in [0, 0.05) is 18.1 Å². The summed E-state index contributed by atoms with van der Waals surface area (Å²) < 4.78 is 53.2. The van der Waals surface area contributed by atoms with E-state index in [-0.39, 0.29) is 17.3 Å². The van der Waals surface area contributed by atoms with Gasteiger partial charge in [-0.2, -0.15) is 0 Å². The highest BCUT2D eigenvalue weighted by atomic mass is 32.2. The van der Waals surface area contributed by atoms with Crippen LogP contribution in [-0.4, -0.2) is 45.0 Å². The van der Waals surface area contributed by atoms with Crippen LogP contribution in [0.5, 0.6) is 0 Å². The minimum absolute atomic E-state index is 0.0537. The Bertz CT molecular complexity index is 1300. The molecular formula is C21H23N5O5S2. The van der Waals surface area contributed by atoms with Crippen molar-refractivity contribution >= 4 is 43.3 Å². The zero-order valence-electron chi connectivity index (χ0n) is 17.9. The van der Waals surface area contributed by atoms with Crippen LogP contribution in [0.15, 0.2) is 78.0 Å². The lowest BCUT2D eigenvalue weighted by molar-refractivity contribution is -0.117. The average molecular weight is 490 g/mol. The number of anilines is 3. The fourth-order valence-electron chi connectivity index (χ4n) is 3.11. The summed E-state index contributed by atoms with van der Waals surface area (Å²) in [5.41, 5.74) is 0.688. The predicted octanol–water partition coefficient (Wildman–Crippen LogP) is 2.46. The topological polar surface area (TPSA) is 138 Å². The molecule has 174 valence electrons. The number of nitrogens with one attached hydrogen (secondary N) is 2. The summed E-state index contributed by atoms with van der Waals surface area (Å²) in [6.07, 6.45) is 4.08. The monoisotopic (exact) mass is 489 g/mol. The summed E-state index contributed by atoms with van der Waals surface area (Å²) >= 11 is 0. The van der Waals surface area contributed by atoms with Gasteiger partial charge in [0.2, 0.25) is 21.9 Å². The van der Waals surface area contributed by atoms with Crippen molar-refractivity contribution in [2.24, 2.45) is 0 Å². The molecule has 1 atom stereocenters. The lowest BCUT2D eigenvalue weighted by Gasteiger charge is -2.30. The van der Waals surface area contributed by atoms with Gasteiger partial charge >= 0.3 is 0 Å². The molecule has 2 aromatic carbocycles. The number of aromatic nitrogens is 2. The first kappa shape index (κ1) is 24.1. The molecule has 12 heteroatoms. The van der Waals surface area contributed by atoms with E-state index < -0.39 is 32.0 Å². The largest absolute Gasteiger partial charge is 0.324 e. The van der Waals surface area contributed by atoms with Crippen molar-refractivity contribution < 1.29 is 21.6 Å². The molecule has 1 aromatic heterocycles. The second kappa shape index (κ2) is 9.96. The van der Waals surface area contributed by atoms with Crippen LogP contribution in [0.4, 0.5) is 17.3 Å². The molecule has 2 N–H and O–H groups in total. The van der Waals surface area contributed by atoms with Crippen molar-refractivity contribution in [3.05, 3.63) is 73.1 Å². The van der Waals surface area contributed by atoms with Gasteiger partial charge in [-0.3, -0.25) is 9.10 Å². The standard InChI is InChI=1S/C21H23N5O5S2/c1-3-19(26(32(2,28)29)17-8-5-4-6-9-17)20(27)24-16-10-12-18(13-11-16)33(30,31)25-21-22-14-7-15-23-21/h4-15,19H,3H2,1-2H3,(H,24,27)(H,22,23,25)/t19-/m1/s1. The van der Waals surface area contributed by atoms with E-state index in [0.717, 1.165) is 10.6 Å². The predicted molar refractivity (Wildman–Crippen MR) is 126 cm³/mol. The molecule has 3 aromatic rings. The number of benzene rings is 2. The number of hydrogen-bond acceptors (Lipinski definition) is 7. The first-order valence-corrected chi connectivity index (χ1v) is 13.2. The van der Waals surface area contributed by atoms with Crippen LogP contribution < -0.4 is 14.3 Å². The molecule has 3 rings (SSSR count). The van der Waals surface area contributed by atoms with Gasteiger partial charge in [0.25, 0.3) is 10.0 Å². The van der Waals surface area contributed by atoms with Crippen molar-refractivity contribution in [1.29, 1.82) is 0 Å². The number of carbonyl (C=O) groups is 1. The summed E-state index contributed by atoms with van der Waals surface area (Å²) in [4.78, 5) is 20.6. The smallest absolute Gasteiger partial charge is 0.264 e. The molecule has 0 spiro atoms. The van der Waals surface area contributed by atoms with Crippen molar-refractivity contribution in [1.82, 2.24) is 9.97 Å². The zero-order chi connectivity index (χ0) is 24.1. The number of carbonyl (C=O) groups excluding carboxylic acids is 1. The Labute approximate surface area is 192 Å². The molecule has 1 heterocycles. The minimum atomic E-state index is -3.92. The normalized spacial score (nSPS) is 12.5. The molecule has 0 aliphatic carbocycles. The molecule has 33 heavy (non-hydrogen) atoms. The Hall–Kier alpha value is -3.51. The van der Waals surface area contributed by atoms with Crippen LogP contribution in [-0.2, 0) is 24.8 Å². The molecule has 10 nitrogen and oxygen atoms in total. The fraction of sp³-hybridized carbons (Fsp3) is 0.190. The van der Waals surface area contributed by atoms with E-state index in [4.69, 9.17) is 0 Å². The van der Waals surface area contributed by atoms with Crippen LogP contribution in [0.3, 0.4) is 0 Å². The number of para-hydroxylation sites is 1. The molecule has 0 saturated carbocycles. The summed E-state index contributed by atoms with van der Waals surface area (Å²) in [6.45, 7) is 1.71. The van der Waals surface area contributed by atoms with Crippen LogP contribution in [0, 0.1) is 0 Å². The first-order valence-electron chi connectivity index (χ1n) is 9.87. The summed E-state index contributed by atoms with van der Waals surface area (Å²) in [7, 11) is -7.67. The van der Waals surface area contributed by atoms with E-state index >= 15 is 0 Å². The molecule has 1 amide bonds. The Morgan fingerprint density at radius 1 is 0.939 bits per heavy atom. The second-order valence-electron chi connectivity index (χ2n) is 7.01. The molecule has 0 unspecified atom stereocenters. The van der Waals surface area contributed by atoms with Crippen LogP contribution in [0.1, 0.15) is 13.3 Å².